The number of hydrogen-bond acceptors (Lipinski definition) is 6. The summed E-state index contributed by atoms with van der Waals surface area (Å²) in [5, 5.41) is 7.29. The first-order valence-electron chi connectivity index (χ1n) is 8.50. The van der Waals surface area contributed by atoms with Crippen molar-refractivity contribution in [3.05, 3.63) is 59.1 Å². The first-order chi connectivity index (χ1) is 13.0. The number of amidine groups is 1. The molecule has 0 spiro atoms. The van der Waals surface area contributed by atoms with Crippen LogP contribution in [-0.4, -0.2) is 23.6 Å². The van der Waals surface area contributed by atoms with Crippen LogP contribution in [0.5, 0.6) is 0 Å². The van der Waals surface area contributed by atoms with Crippen LogP contribution in [0.2, 0.25) is 5.02 Å². The standard InChI is InChI=1S/C19H20ClN5O2/c1-12(26)9-17(21-19(27)18-22-24-25-23-18)10-13-5-7-14(8-6-13)15-3-2-4-16(20)11-15/h2-8,11,17,24-25H,9-10H2,1H3,(H,21,27)(H,22,23)/t17-/m0/s1. The van der Waals surface area contributed by atoms with Crippen LogP contribution in [-0.2, 0) is 16.0 Å². The van der Waals surface area contributed by atoms with Gasteiger partial charge < -0.3 is 5.32 Å². The first kappa shape index (κ1) is 18.9. The van der Waals surface area contributed by atoms with E-state index in [-0.39, 0.29) is 30.0 Å². The van der Waals surface area contributed by atoms with Crippen molar-refractivity contribution in [2.45, 2.75) is 25.8 Å². The van der Waals surface area contributed by atoms with E-state index in [4.69, 9.17) is 11.6 Å². The summed E-state index contributed by atoms with van der Waals surface area (Å²) in [6.45, 7) is 1.51. The van der Waals surface area contributed by atoms with Crippen molar-refractivity contribution >= 4 is 29.1 Å². The Kier molecular flexibility index (Phi) is 6.05. The molecule has 0 unspecified atom stereocenters. The van der Waals surface area contributed by atoms with Crippen LogP contribution < -0.4 is 21.8 Å². The normalized spacial score (nSPS) is 13.9. The number of hydrogen-bond donors (Lipinski definition) is 4. The fraction of sp³-hybridized carbons (Fsp3) is 0.211. The maximum absolute atomic E-state index is 12.2. The van der Waals surface area contributed by atoms with E-state index in [1.165, 1.54) is 6.92 Å². The Morgan fingerprint density at radius 1 is 1.15 bits per heavy atom. The van der Waals surface area contributed by atoms with Crippen LogP contribution in [0.15, 0.2) is 53.6 Å². The van der Waals surface area contributed by atoms with Crippen LogP contribution in [0.4, 0.5) is 0 Å². The number of hydrazone groups is 1. The van der Waals surface area contributed by atoms with Crippen LogP contribution in [0.25, 0.3) is 11.1 Å². The zero-order chi connectivity index (χ0) is 19.2. The van der Waals surface area contributed by atoms with Gasteiger partial charge in [0.05, 0.1) is 0 Å². The molecule has 4 N–H and O–H groups in total. The molecule has 1 atom stereocenters. The summed E-state index contributed by atoms with van der Waals surface area (Å²) in [6.07, 6.45) is 0.783. The molecule has 2 aromatic rings. The van der Waals surface area contributed by atoms with Crippen molar-refractivity contribution in [3.8, 4) is 11.1 Å². The van der Waals surface area contributed by atoms with E-state index in [0.29, 0.717) is 11.4 Å². The van der Waals surface area contributed by atoms with Gasteiger partial charge in [0.1, 0.15) is 5.78 Å². The van der Waals surface area contributed by atoms with Gasteiger partial charge in [0.15, 0.2) is 0 Å². The molecular weight excluding hydrogens is 366 g/mol. The number of Topliss-reactive ketones (excluding diaryl/α,β-unsaturated/α-hetero) is 1. The molecule has 8 heteroatoms. The molecule has 1 aliphatic heterocycles. The van der Waals surface area contributed by atoms with Gasteiger partial charge in [-0.2, -0.15) is 0 Å². The number of benzene rings is 2. The SMILES string of the molecule is CC(=O)C[C@@H](Cc1ccc(-c2cccc(Cl)c2)cc1)NC(=O)C1=NNNN1. The molecule has 2 aromatic carbocycles. The lowest BCUT2D eigenvalue weighted by atomic mass is 9.98. The second-order valence-electron chi connectivity index (χ2n) is 6.31. The quantitative estimate of drug-likeness (QED) is 0.584. The third-order valence-electron chi connectivity index (χ3n) is 4.08. The maximum Gasteiger partial charge on any atom is 0.290 e. The third-order valence-corrected chi connectivity index (χ3v) is 4.32. The lowest BCUT2D eigenvalue weighted by Gasteiger charge is -2.17. The average molecular weight is 386 g/mol. The number of amides is 1. The molecular formula is C19H20ClN5O2. The summed E-state index contributed by atoms with van der Waals surface area (Å²) in [4.78, 5) is 23.8. The third kappa shape index (κ3) is 5.29. The van der Waals surface area contributed by atoms with Crippen molar-refractivity contribution in [1.29, 1.82) is 0 Å². The lowest BCUT2D eigenvalue weighted by Crippen LogP contribution is -2.47. The van der Waals surface area contributed by atoms with Gasteiger partial charge in [0.2, 0.25) is 5.84 Å². The molecule has 0 fully saturated rings. The van der Waals surface area contributed by atoms with Gasteiger partial charge in [-0.25, -0.2) is 5.53 Å². The largest absolute Gasteiger partial charge is 0.346 e. The molecule has 140 valence electrons. The van der Waals surface area contributed by atoms with E-state index in [9.17, 15) is 9.59 Å². The van der Waals surface area contributed by atoms with Crippen LogP contribution in [0.3, 0.4) is 0 Å². The number of rotatable bonds is 7. The van der Waals surface area contributed by atoms with Gasteiger partial charge in [-0.1, -0.05) is 48.0 Å². The number of nitrogens with one attached hydrogen (secondary N) is 4. The number of carbonyl (C=O) groups is 2. The van der Waals surface area contributed by atoms with Gasteiger partial charge in [-0.05, 0) is 42.2 Å². The Morgan fingerprint density at radius 3 is 2.56 bits per heavy atom. The highest BCUT2D eigenvalue weighted by Gasteiger charge is 2.20. The minimum absolute atomic E-state index is 0.00779. The smallest absolute Gasteiger partial charge is 0.290 e. The molecule has 0 saturated heterocycles. The van der Waals surface area contributed by atoms with Gasteiger partial charge in [0.25, 0.3) is 5.91 Å². The molecule has 27 heavy (non-hydrogen) atoms. The van der Waals surface area contributed by atoms with E-state index in [1.54, 1.807) is 0 Å². The lowest BCUT2D eigenvalue weighted by molar-refractivity contribution is -0.118. The monoisotopic (exact) mass is 385 g/mol. The molecule has 0 saturated carbocycles. The molecule has 1 heterocycles. The van der Waals surface area contributed by atoms with Crippen molar-refractivity contribution < 1.29 is 9.59 Å². The van der Waals surface area contributed by atoms with E-state index < -0.39 is 0 Å². The van der Waals surface area contributed by atoms with E-state index in [0.717, 1.165) is 16.7 Å². The molecule has 0 radical (unpaired) electrons. The van der Waals surface area contributed by atoms with Crippen molar-refractivity contribution in [2.75, 3.05) is 0 Å². The second-order valence-corrected chi connectivity index (χ2v) is 6.75. The number of halogens is 1. The average Bonchev–Trinajstić information content (AvgIpc) is 3.16. The summed E-state index contributed by atoms with van der Waals surface area (Å²) in [5.74, 6) is -0.248. The highest BCUT2D eigenvalue weighted by molar-refractivity contribution is 6.38. The minimum Gasteiger partial charge on any atom is -0.346 e. The Morgan fingerprint density at radius 2 is 1.93 bits per heavy atom. The minimum atomic E-state index is -0.380. The zero-order valence-electron chi connectivity index (χ0n) is 14.8. The Hall–Kier alpha value is -2.90. The van der Waals surface area contributed by atoms with Gasteiger partial charge in [0, 0.05) is 17.5 Å². The van der Waals surface area contributed by atoms with Crippen molar-refractivity contribution in [3.63, 3.8) is 0 Å². The summed E-state index contributed by atoms with van der Waals surface area (Å²) < 4.78 is 0. The van der Waals surface area contributed by atoms with E-state index in [2.05, 4.69) is 26.9 Å². The molecule has 3 rings (SSSR count). The molecule has 1 amide bonds. The maximum atomic E-state index is 12.2. The number of carbonyl (C=O) groups excluding carboxylic acids is 2. The number of ketones is 1. The van der Waals surface area contributed by atoms with Crippen LogP contribution >= 0.6 is 11.6 Å². The number of nitrogens with zero attached hydrogens (tertiary/aromatic N) is 1. The topological polar surface area (TPSA) is 94.6 Å². The van der Waals surface area contributed by atoms with Gasteiger partial charge >= 0.3 is 0 Å². The zero-order valence-corrected chi connectivity index (χ0v) is 15.5. The summed E-state index contributed by atoms with van der Waals surface area (Å²) in [5.41, 5.74) is 10.6. The molecule has 0 aliphatic carbocycles. The molecule has 1 aliphatic rings. The van der Waals surface area contributed by atoms with E-state index in [1.807, 2.05) is 48.5 Å². The van der Waals surface area contributed by atoms with Crippen LogP contribution in [0, 0.1) is 0 Å². The van der Waals surface area contributed by atoms with E-state index >= 15 is 0 Å². The molecule has 0 aromatic heterocycles. The highest BCUT2D eigenvalue weighted by Crippen LogP contribution is 2.23. The Labute approximate surface area is 162 Å². The predicted octanol–water partition coefficient (Wildman–Crippen LogP) is 1.94. The second kappa shape index (κ2) is 8.66. The summed E-state index contributed by atoms with van der Waals surface area (Å²) in [7, 11) is 0. The fourth-order valence-corrected chi connectivity index (χ4v) is 3.06. The summed E-state index contributed by atoms with van der Waals surface area (Å²) in [6, 6.07) is 15.3. The van der Waals surface area contributed by atoms with Crippen LogP contribution in [0.1, 0.15) is 18.9 Å². The van der Waals surface area contributed by atoms with Crippen molar-refractivity contribution in [2.24, 2.45) is 5.10 Å². The Balaban J connectivity index is 1.69. The first-order valence-corrected chi connectivity index (χ1v) is 8.88. The van der Waals surface area contributed by atoms with Gasteiger partial charge in [-0.15, -0.1) is 10.6 Å². The predicted molar refractivity (Wildman–Crippen MR) is 105 cm³/mol. The Bertz CT molecular complexity index is 867. The van der Waals surface area contributed by atoms with Gasteiger partial charge in [-0.3, -0.25) is 15.0 Å². The summed E-state index contributed by atoms with van der Waals surface area (Å²) >= 11 is 6.05. The number of hydrazine groups is 2. The fourth-order valence-electron chi connectivity index (χ4n) is 2.87. The molecule has 7 nitrogen and oxygen atoms in total. The van der Waals surface area contributed by atoms with Crippen molar-refractivity contribution in [1.82, 2.24) is 21.8 Å². The molecule has 0 bridgehead atoms. The highest BCUT2D eigenvalue weighted by atomic mass is 35.5.